The zero-order valence-corrected chi connectivity index (χ0v) is 16.2. The van der Waals surface area contributed by atoms with Gasteiger partial charge in [-0.2, -0.15) is 0 Å². The number of nitrogens with zero attached hydrogens (tertiary/aromatic N) is 2. The van der Waals surface area contributed by atoms with Gasteiger partial charge in [0.05, 0.1) is 4.90 Å². The Morgan fingerprint density at radius 2 is 1.65 bits per heavy atom. The maximum absolute atomic E-state index is 12.1. The lowest BCUT2D eigenvalue weighted by atomic mass is 10.2. The third kappa shape index (κ3) is 4.84. The van der Waals surface area contributed by atoms with Crippen LogP contribution < -0.4 is 4.74 Å². The summed E-state index contributed by atoms with van der Waals surface area (Å²) in [4.78, 5) is 2.73. The van der Waals surface area contributed by atoms with Gasteiger partial charge < -0.3 is 4.74 Å². The summed E-state index contributed by atoms with van der Waals surface area (Å²) in [5.41, 5.74) is 1.32. The predicted octanol–water partition coefficient (Wildman–Crippen LogP) is 2.98. The van der Waals surface area contributed by atoms with Crippen molar-refractivity contribution in [2.24, 2.45) is 0 Å². The highest BCUT2D eigenvalue weighted by molar-refractivity contribution is 7.89. The van der Waals surface area contributed by atoms with Gasteiger partial charge in [-0.15, -0.1) is 0 Å². The summed E-state index contributed by atoms with van der Waals surface area (Å²) >= 11 is 0. The third-order valence-corrected chi connectivity index (χ3v) is 6.37. The van der Waals surface area contributed by atoms with Crippen LogP contribution in [0, 0.1) is 0 Å². The van der Waals surface area contributed by atoms with Gasteiger partial charge in [0.25, 0.3) is 0 Å². The van der Waals surface area contributed by atoms with Crippen LogP contribution >= 0.6 is 0 Å². The quantitative estimate of drug-likeness (QED) is 0.677. The summed E-state index contributed by atoms with van der Waals surface area (Å²) in [7, 11) is -0.342. The minimum Gasteiger partial charge on any atom is -0.492 e. The Morgan fingerprint density at radius 3 is 2.23 bits per heavy atom. The minimum atomic E-state index is -3.40. The van der Waals surface area contributed by atoms with Crippen molar-refractivity contribution >= 4 is 10.0 Å². The van der Waals surface area contributed by atoms with E-state index in [1.54, 1.807) is 24.3 Å². The number of ether oxygens (including phenoxy) is 1. The fraction of sp³-hybridized carbons (Fsp3) is 0.400. The molecule has 0 amide bonds. The van der Waals surface area contributed by atoms with Crippen molar-refractivity contribution in [2.45, 2.75) is 30.3 Å². The third-order valence-electron chi connectivity index (χ3n) is 4.54. The molecular weight excluding hydrogens is 348 g/mol. The van der Waals surface area contributed by atoms with E-state index in [1.165, 1.54) is 36.8 Å². The Morgan fingerprint density at radius 1 is 1.00 bits per heavy atom. The molecule has 6 heteroatoms. The Kier molecular flexibility index (Phi) is 5.96. The molecule has 0 radical (unpaired) electrons. The van der Waals surface area contributed by atoms with Gasteiger partial charge in [-0.3, -0.25) is 4.90 Å². The van der Waals surface area contributed by atoms with Crippen molar-refractivity contribution in [3.8, 4) is 5.75 Å². The van der Waals surface area contributed by atoms with Crippen molar-refractivity contribution in [3.63, 3.8) is 0 Å². The van der Waals surface area contributed by atoms with Gasteiger partial charge in [-0.25, -0.2) is 12.7 Å². The molecule has 1 saturated carbocycles. The first-order valence-corrected chi connectivity index (χ1v) is 10.3. The van der Waals surface area contributed by atoms with E-state index in [-0.39, 0.29) is 4.90 Å². The lowest BCUT2D eigenvalue weighted by Gasteiger charge is -2.22. The molecule has 140 valence electrons. The second-order valence-electron chi connectivity index (χ2n) is 6.79. The molecule has 0 unspecified atom stereocenters. The minimum absolute atomic E-state index is 0.276. The molecule has 0 aromatic heterocycles. The van der Waals surface area contributed by atoms with Gasteiger partial charge in [0, 0.05) is 33.2 Å². The zero-order chi connectivity index (χ0) is 18.6. The Hall–Kier alpha value is -1.89. The fourth-order valence-electron chi connectivity index (χ4n) is 2.85. The molecule has 0 heterocycles. The summed E-state index contributed by atoms with van der Waals surface area (Å²) in [5.74, 6) is 0.693. The predicted molar refractivity (Wildman–Crippen MR) is 103 cm³/mol. The van der Waals surface area contributed by atoms with E-state index in [4.69, 9.17) is 4.74 Å². The first kappa shape index (κ1) is 18.9. The molecule has 26 heavy (non-hydrogen) atoms. The van der Waals surface area contributed by atoms with Crippen LogP contribution in [-0.2, 0) is 16.6 Å². The van der Waals surface area contributed by atoms with Gasteiger partial charge in [0.2, 0.25) is 10.0 Å². The topological polar surface area (TPSA) is 49.9 Å². The van der Waals surface area contributed by atoms with Crippen molar-refractivity contribution in [1.82, 2.24) is 9.21 Å². The SMILES string of the molecule is CN(C)S(=O)(=O)c1ccc(OCCN(Cc2ccccc2)C2CC2)cc1. The van der Waals surface area contributed by atoms with E-state index in [1.807, 2.05) is 6.07 Å². The molecule has 0 aliphatic heterocycles. The van der Waals surface area contributed by atoms with E-state index in [2.05, 4.69) is 29.2 Å². The van der Waals surface area contributed by atoms with E-state index >= 15 is 0 Å². The molecular formula is C20H26N2O3S. The van der Waals surface area contributed by atoms with Crippen LogP contribution in [0.3, 0.4) is 0 Å². The molecule has 3 rings (SSSR count). The Balaban J connectivity index is 1.53. The average molecular weight is 375 g/mol. The summed E-state index contributed by atoms with van der Waals surface area (Å²) in [5, 5.41) is 0. The van der Waals surface area contributed by atoms with Gasteiger partial charge in [-0.05, 0) is 42.7 Å². The monoisotopic (exact) mass is 374 g/mol. The lowest BCUT2D eigenvalue weighted by molar-refractivity contribution is 0.195. The standard InChI is InChI=1S/C20H26N2O3S/c1-21(2)26(23,24)20-12-10-19(11-13-20)25-15-14-22(18-8-9-18)16-17-6-4-3-5-7-17/h3-7,10-13,18H,8-9,14-16H2,1-2H3. The number of rotatable bonds is 9. The number of hydrogen-bond donors (Lipinski definition) is 0. The second-order valence-corrected chi connectivity index (χ2v) is 8.95. The largest absolute Gasteiger partial charge is 0.492 e. The van der Waals surface area contributed by atoms with Crippen LogP contribution in [-0.4, -0.2) is 50.9 Å². The van der Waals surface area contributed by atoms with Crippen LogP contribution in [0.1, 0.15) is 18.4 Å². The highest BCUT2D eigenvalue weighted by Gasteiger charge is 2.28. The molecule has 0 N–H and O–H groups in total. The van der Waals surface area contributed by atoms with E-state index < -0.39 is 10.0 Å². The molecule has 0 saturated heterocycles. The van der Waals surface area contributed by atoms with Crippen molar-refractivity contribution in [1.29, 1.82) is 0 Å². The molecule has 1 aliphatic rings. The molecule has 0 atom stereocenters. The smallest absolute Gasteiger partial charge is 0.242 e. The lowest BCUT2D eigenvalue weighted by Crippen LogP contribution is -2.30. The highest BCUT2D eigenvalue weighted by Crippen LogP contribution is 2.28. The maximum atomic E-state index is 12.1. The van der Waals surface area contributed by atoms with Crippen LogP contribution in [0.2, 0.25) is 0 Å². The molecule has 1 fully saturated rings. The molecule has 0 spiro atoms. The highest BCUT2D eigenvalue weighted by atomic mass is 32.2. The van der Waals surface area contributed by atoms with Gasteiger partial charge in [0.1, 0.15) is 12.4 Å². The number of benzene rings is 2. The van der Waals surface area contributed by atoms with E-state index in [0.29, 0.717) is 18.4 Å². The van der Waals surface area contributed by atoms with Gasteiger partial charge in [-0.1, -0.05) is 30.3 Å². The summed E-state index contributed by atoms with van der Waals surface area (Å²) in [6, 6.07) is 17.8. The molecule has 1 aliphatic carbocycles. The normalized spacial score (nSPS) is 14.8. The van der Waals surface area contributed by atoms with Crippen molar-refractivity contribution in [2.75, 3.05) is 27.2 Å². The summed E-state index contributed by atoms with van der Waals surface area (Å²) < 4.78 is 31.2. The van der Waals surface area contributed by atoms with Crippen LogP contribution in [0.25, 0.3) is 0 Å². The van der Waals surface area contributed by atoms with Gasteiger partial charge >= 0.3 is 0 Å². The molecule has 5 nitrogen and oxygen atoms in total. The summed E-state index contributed by atoms with van der Waals surface area (Å²) in [6.45, 7) is 2.38. The molecule has 2 aromatic carbocycles. The van der Waals surface area contributed by atoms with Crippen molar-refractivity contribution in [3.05, 3.63) is 60.2 Å². The Labute approximate surface area is 156 Å². The van der Waals surface area contributed by atoms with Crippen LogP contribution in [0.4, 0.5) is 0 Å². The number of hydrogen-bond acceptors (Lipinski definition) is 4. The second kappa shape index (κ2) is 8.20. The maximum Gasteiger partial charge on any atom is 0.242 e. The van der Waals surface area contributed by atoms with Crippen molar-refractivity contribution < 1.29 is 13.2 Å². The number of sulfonamides is 1. The Bertz CT molecular complexity index is 801. The van der Waals surface area contributed by atoms with Crippen LogP contribution in [0.5, 0.6) is 5.75 Å². The van der Waals surface area contributed by atoms with E-state index in [0.717, 1.165) is 13.1 Å². The molecule has 0 bridgehead atoms. The molecule has 2 aromatic rings. The summed E-state index contributed by atoms with van der Waals surface area (Å²) in [6.07, 6.45) is 2.51. The fourth-order valence-corrected chi connectivity index (χ4v) is 3.75. The van der Waals surface area contributed by atoms with Gasteiger partial charge in [0.15, 0.2) is 0 Å². The zero-order valence-electron chi connectivity index (χ0n) is 15.3. The van der Waals surface area contributed by atoms with E-state index in [9.17, 15) is 8.42 Å². The average Bonchev–Trinajstić information content (AvgIpc) is 3.47. The first-order valence-electron chi connectivity index (χ1n) is 8.90. The van der Waals surface area contributed by atoms with Crippen LogP contribution in [0.15, 0.2) is 59.5 Å². The first-order chi connectivity index (χ1) is 12.5.